The van der Waals surface area contributed by atoms with E-state index in [1.807, 2.05) is 24.3 Å². The highest BCUT2D eigenvalue weighted by Gasteiger charge is 2.27. The number of carbonyl (C=O) groups excluding carboxylic acids is 2. The number of aliphatic carboxylic acids is 2. The van der Waals surface area contributed by atoms with Gasteiger partial charge < -0.3 is 31.6 Å². The van der Waals surface area contributed by atoms with Crippen LogP contribution in [0.5, 0.6) is 0 Å². The van der Waals surface area contributed by atoms with Gasteiger partial charge in [-0.1, -0.05) is 18.2 Å². The topological polar surface area (TPSA) is 175 Å². The van der Waals surface area contributed by atoms with Crippen LogP contribution >= 0.6 is 0 Å². The molecule has 0 aliphatic carbocycles. The summed E-state index contributed by atoms with van der Waals surface area (Å²) in [6, 6.07) is 3.94. The van der Waals surface area contributed by atoms with Crippen LogP contribution in [-0.2, 0) is 25.6 Å². The van der Waals surface area contributed by atoms with E-state index >= 15 is 0 Å². The van der Waals surface area contributed by atoms with Crippen molar-refractivity contribution in [3.63, 3.8) is 0 Å². The zero-order valence-corrected chi connectivity index (χ0v) is 15.1. The average molecular weight is 390 g/mol. The van der Waals surface area contributed by atoms with Crippen molar-refractivity contribution < 1.29 is 29.4 Å². The average Bonchev–Trinajstić information content (AvgIpc) is 3.03. The third kappa shape index (κ3) is 5.30. The second-order valence-corrected chi connectivity index (χ2v) is 6.40. The molecule has 0 saturated carbocycles. The van der Waals surface area contributed by atoms with E-state index in [4.69, 9.17) is 15.9 Å². The first-order valence-corrected chi connectivity index (χ1v) is 8.55. The molecule has 1 heterocycles. The van der Waals surface area contributed by atoms with Gasteiger partial charge in [-0.25, -0.2) is 4.79 Å². The number of aromatic amines is 1. The molecule has 0 aliphatic heterocycles. The van der Waals surface area contributed by atoms with Crippen molar-refractivity contribution in [1.82, 2.24) is 15.6 Å². The molecule has 3 atom stereocenters. The number of rotatable bonds is 9. The summed E-state index contributed by atoms with van der Waals surface area (Å²) in [6.45, 7) is 1.35. The number of H-pyrrole nitrogens is 1. The maximum atomic E-state index is 12.3. The maximum absolute atomic E-state index is 12.3. The van der Waals surface area contributed by atoms with Crippen LogP contribution in [0.25, 0.3) is 10.9 Å². The first kappa shape index (κ1) is 20.9. The number of para-hydroxylation sites is 1. The van der Waals surface area contributed by atoms with Crippen LogP contribution in [0.3, 0.4) is 0 Å². The van der Waals surface area contributed by atoms with E-state index in [0.29, 0.717) is 0 Å². The fourth-order valence-electron chi connectivity index (χ4n) is 2.69. The number of benzene rings is 1. The number of carboxylic acids is 2. The van der Waals surface area contributed by atoms with E-state index < -0.39 is 48.3 Å². The molecule has 0 bridgehead atoms. The molecule has 2 aromatic rings. The van der Waals surface area contributed by atoms with E-state index in [0.717, 1.165) is 16.5 Å². The lowest BCUT2D eigenvalue weighted by Crippen LogP contribution is -2.53. The number of carboxylic acid groups (broad SMARTS) is 2. The van der Waals surface area contributed by atoms with Gasteiger partial charge >= 0.3 is 11.9 Å². The first-order chi connectivity index (χ1) is 13.2. The SMILES string of the molecule is C[C@H](NC(=O)[C@@H](N)Cc1c[nH]c2ccccc12)C(=O)N[C@@H](CC(=O)O)C(=O)O. The van der Waals surface area contributed by atoms with Crippen LogP contribution in [0.15, 0.2) is 30.5 Å². The van der Waals surface area contributed by atoms with Gasteiger partial charge in [0, 0.05) is 17.1 Å². The van der Waals surface area contributed by atoms with E-state index in [-0.39, 0.29) is 6.42 Å². The van der Waals surface area contributed by atoms with Crippen LogP contribution in [0.4, 0.5) is 0 Å². The van der Waals surface area contributed by atoms with Crippen molar-refractivity contribution in [2.75, 3.05) is 0 Å². The molecule has 1 aromatic heterocycles. The molecule has 7 N–H and O–H groups in total. The zero-order chi connectivity index (χ0) is 20.8. The summed E-state index contributed by atoms with van der Waals surface area (Å²) in [4.78, 5) is 49.1. The van der Waals surface area contributed by atoms with Gasteiger partial charge in [-0.05, 0) is 25.0 Å². The summed E-state index contributed by atoms with van der Waals surface area (Å²) in [5, 5.41) is 23.1. The minimum absolute atomic E-state index is 0.237. The summed E-state index contributed by atoms with van der Waals surface area (Å²) in [5.41, 5.74) is 7.70. The summed E-state index contributed by atoms with van der Waals surface area (Å²) < 4.78 is 0. The number of hydrogen-bond acceptors (Lipinski definition) is 5. The third-order valence-corrected chi connectivity index (χ3v) is 4.20. The van der Waals surface area contributed by atoms with Gasteiger partial charge in [0.15, 0.2) is 0 Å². The predicted octanol–water partition coefficient (Wildman–Crippen LogP) is -0.413. The Morgan fingerprint density at radius 1 is 1.11 bits per heavy atom. The Bertz CT molecular complexity index is 893. The maximum Gasteiger partial charge on any atom is 0.326 e. The second-order valence-electron chi connectivity index (χ2n) is 6.40. The lowest BCUT2D eigenvalue weighted by Gasteiger charge is -2.19. The van der Waals surface area contributed by atoms with Crippen molar-refractivity contribution in [1.29, 1.82) is 0 Å². The molecule has 0 radical (unpaired) electrons. The standard InChI is InChI=1S/C18H22N4O6/c1-9(16(25)22-14(18(27)28)7-15(23)24)21-17(26)12(19)6-10-8-20-13-5-3-2-4-11(10)13/h2-5,8-9,12,14,20H,6-7,19H2,1H3,(H,21,26)(H,22,25)(H,23,24)(H,27,28)/t9-,12-,14-/m0/s1. The van der Waals surface area contributed by atoms with Gasteiger partial charge in [-0.3, -0.25) is 14.4 Å². The summed E-state index contributed by atoms with van der Waals surface area (Å²) in [7, 11) is 0. The predicted molar refractivity (Wildman–Crippen MR) is 99.4 cm³/mol. The Balaban J connectivity index is 1.94. The van der Waals surface area contributed by atoms with Crippen LogP contribution in [0.1, 0.15) is 18.9 Å². The Labute approximate surface area is 160 Å². The number of nitrogens with one attached hydrogen (secondary N) is 3. The van der Waals surface area contributed by atoms with Crippen molar-refractivity contribution in [2.24, 2.45) is 5.73 Å². The van der Waals surface area contributed by atoms with Crippen molar-refractivity contribution in [3.05, 3.63) is 36.0 Å². The molecule has 0 aliphatic rings. The van der Waals surface area contributed by atoms with Crippen LogP contribution in [0.2, 0.25) is 0 Å². The van der Waals surface area contributed by atoms with Crippen molar-refractivity contribution in [3.8, 4) is 0 Å². The highest BCUT2D eigenvalue weighted by molar-refractivity contribution is 5.93. The Morgan fingerprint density at radius 3 is 2.43 bits per heavy atom. The van der Waals surface area contributed by atoms with Gasteiger partial charge in [0.2, 0.25) is 11.8 Å². The fraction of sp³-hybridized carbons (Fsp3) is 0.333. The third-order valence-electron chi connectivity index (χ3n) is 4.20. The van der Waals surface area contributed by atoms with Crippen molar-refractivity contribution >= 4 is 34.7 Å². The molecule has 150 valence electrons. The van der Waals surface area contributed by atoms with Gasteiger partial charge in [-0.15, -0.1) is 0 Å². The number of nitrogens with two attached hydrogens (primary N) is 1. The van der Waals surface area contributed by atoms with Gasteiger partial charge in [0.25, 0.3) is 0 Å². The Hall–Kier alpha value is -3.40. The molecule has 2 amide bonds. The Morgan fingerprint density at radius 2 is 1.79 bits per heavy atom. The highest BCUT2D eigenvalue weighted by Crippen LogP contribution is 2.18. The fourth-order valence-corrected chi connectivity index (χ4v) is 2.69. The quantitative estimate of drug-likeness (QED) is 0.337. The van der Waals surface area contributed by atoms with Gasteiger partial charge in [0.05, 0.1) is 12.5 Å². The van der Waals surface area contributed by atoms with Crippen LogP contribution < -0.4 is 16.4 Å². The monoisotopic (exact) mass is 390 g/mol. The van der Waals surface area contributed by atoms with Crippen LogP contribution in [0, 0.1) is 0 Å². The number of carbonyl (C=O) groups is 4. The second kappa shape index (κ2) is 9.00. The van der Waals surface area contributed by atoms with Gasteiger partial charge in [0.1, 0.15) is 12.1 Å². The molecular formula is C18H22N4O6. The Kier molecular flexibility index (Phi) is 6.72. The van der Waals surface area contributed by atoms with E-state index in [1.54, 1.807) is 6.20 Å². The number of hydrogen-bond donors (Lipinski definition) is 6. The molecule has 0 saturated heterocycles. The van der Waals surface area contributed by atoms with Crippen molar-refractivity contribution in [2.45, 2.75) is 37.9 Å². The minimum Gasteiger partial charge on any atom is -0.481 e. The van der Waals surface area contributed by atoms with Gasteiger partial charge in [-0.2, -0.15) is 0 Å². The minimum atomic E-state index is -1.59. The summed E-state index contributed by atoms with van der Waals surface area (Å²) in [5.74, 6) is -4.25. The number of aromatic nitrogens is 1. The first-order valence-electron chi connectivity index (χ1n) is 8.55. The number of amides is 2. The smallest absolute Gasteiger partial charge is 0.326 e. The normalized spacial score (nSPS) is 14.1. The summed E-state index contributed by atoms with van der Waals surface area (Å²) >= 11 is 0. The lowest BCUT2D eigenvalue weighted by molar-refractivity contribution is -0.147. The number of fused-ring (bicyclic) bond motifs is 1. The van der Waals surface area contributed by atoms with E-state index in [1.165, 1.54) is 6.92 Å². The molecule has 10 nitrogen and oxygen atoms in total. The molecule has 0 spiro atoms. The molecule has 1 aromatic carbocycles. The summed E-state index contributed by atoms with van der Waals surface area (Å²) in [6.07, 6.45) is 1.22. The van der Waals surface area contributed by atoms with E-state index in [2.05, 4.69) is 15.6 Å². The molecule has 0 unspecified atom stereocenters. The highest BCUT2D eigenvalue weighted by atomic mass is 16.4. The van der Waals surface area contributed by atoms with Crippen LogP contribution in [-0.4, -0.2) is 57.1 Å². The molecular weight excluding hydrogens is 368 g/mol. The lowest BCUT2D eigenvalue weighted by atomic mass is 10.0. The zero-order valence-electron chi connectivity index (χ0n) is 15.1. The largest absolute Gasteiger partial charge is 0.481 e. The van der Waals surface area contributed by atoms with E-state index in [9.17, 15) is 19.2 Å². The molecule has 2 rings (SSSR count). The molecule has 0 fully saturated rings. The molecule has 10 heteroatoms. The molecule has 28 heavy (non-hydrogen) atoms.